The Morgan fingerprint density at radius 3 is 1.39 bits per heavy atom. The second-order valence-corrected chi connectivity index (χ2v) is 12.0. The van der Waals surface area contributed by atoms with Crippen molar-refractivity contribution >= 4 is 86.2 Å². The maximum absolute atomic E-state index is 2.54. The van der Waals surface area contributed by atoms with Gasteiger partial charge in [0.1, 0.15) is 0 Å². The zero-order chi connectivity index (χ0) is 27.6. The molecular weight excluding hydrogens is 492 g/mol. The van der Waals surface area contributed by atoms with Crippen LogP contribution in [0.1, 0.15) is 43.0 Å². The van der Waals surface area contributed by atoms with Crippen LogP contribution >= 0.6 is 0 Å². The van der Waals surface area contributed by atoms with Gasteiger partial charge in [-0.3, -0.25) is 0 Å². The second-order valence-electron chi connectivity index (χ2n) is 12.0. The highest BCUT2D eigenvalue weighted by Gasteiger charge is 2.24. The predicted octanol–water partition coefficient (Wildman–Crippen LogP) is 11.8. The van der Waals surface area contributed by atoms with Gasteiger partial charge in [-0.25, -0.2) is 0 Å². The fourth-order valence-corrected chi connectivity index (χ4v) is 8.51. The Morgan fingerprint density at radius 2 is 0.829 bits per heavy atom. The van der Waals surface area contributed by atoms with Gasteiger partial charge in [0.15, 0.2) is 0 Å². The number of benzene rings is 9. The average molecular weight is 525 g/mol. The molecule has 0 fully saturated rings. The molecule has 0 saturated heterocycles. The lowest BCUT2D eigenvalue weighted by atomic mass is 9.78. The van der Waals surface area contributed by atoms with Crippen molar-refractivity contribution in [1.82, 2.24) is 0 Å². The van der Waals surface area contributed by atoms with E-state index >= 15 is 0 Å². The van der Waals surface area contributed by atoms with E-state index in [-0.39, 0.29) is 0 Å². The van der Waals surface area contributed by atoms with Crippen molar-refractivity contribution in [2.45, 2.75) is 47.0 Å². The summed E-state index contributed by atoms with van der Waals surface area (Å²) in [4.78, 5) is 0. The van der Waals surface area contributed by atoms with Gasteiger partial charge in [-0.2, -0.15) is 0 Å². The van der Waals surface area contributed by atoms with Gasteiger partial charge in [0.05, 0.1) is 0 Å². The molecule has 0 aromatic heterocycles. The number of aryl methyl sites for hydroxylation is 4. The van der Waals surface area contributed by atoms with E-state index in [1.54, 1.807) is 0 Å². The highest BCUT2D eigenvalue weighted by molar-refractivity contribution is 6.43. The monoisotopic (exact) mass is 524 g/mol. The third-order valence-electron chi connectivity index (χ3n) is 10.3. The van der Waals surface area contributed by atoms with Crippen molar-refractivity contribution in [3.8, 4) is 0 Å². The van der Waals surface area contributed by atoms with Crippen molar-refractivity contribution in [2.24, 2.45) is 0 Å². The molecule has 0 heterocycles. The molecule has 0 heteroatoms. The summed E-state index contributed by atoms with van der Waals surface area (Å²) in [5, 5.41) is 22.8. The summed E-state index contributed by atoms with van der Waals surface area (Å²) < 4.78 is 0. The molecule has 0 amide bonds. The Bertz CT molecular complexity index is 2530. The zero-order valence-corrected chi connectivity index (χ0v) is 24.2. The van der Waals surface area contributed by atoms with Gasteiger partial charge in [-0.15, -0.1) is 0 Å². The Morgan fingerprint density at radius 1 is 0.366 bits per heavy atom. The van der Waals surface area contributed by atoms with Crippen LogP contribution in [0.25, 0.3) is 86.2 Å². The summed E-state index contributed by atoms with van der Waals surface area (Å²) in [5.41, 5.74) is 5.81. The van der Waals surface area contributed by atoms with Crippen LogP contribution in [-0.4, -0.2) is 0 Å². The second kappa shape index (κ2) is 8.08. The average Bonchev–Trinajstić information content (AvgIpc) is 3.03. The number of rotatable bonds is 3. The molecule has 41 heavy (non-hydrogen) atoms. The number of hydrogen-bond donors (Lipinski definition) is 0. The van der Waals surface area contributed by atoms with E-state index in [9.17, 15) is 0 Å². The first-order valence-corrected chi connectivity index (χ1v) is 15.3. The predicted molar refractivity (Wildman–Crippen MR) is 182 cm³/mol. The van der Waals surface area contributed by atoms with Crippen molar-refractivity contribution in [3.05, 3.63) is 107 Å². The normalized spacial score (nSPS) is 12.7. The van der Waals surface area contributed by atoms with Crippen molar-refractivity contribution < 1.29 is 0 Å². The third-order valence-corrected chi connectivity index (χ3v) is 10.3. The summed E-state index contributed by atoms with van der Waals surface area (Å²) in [6, 6.07) is 32.9. The van der Waals surface area contributed by atoms with Gasteiger partial charge >= 0.3 is 0 Å². The van der Waals surface area contributed by atoms with E-state index in [1.165, 1.54) is 108 Å². The van der Waals surface area contributed by atoms with Crippen LogP contribution in [0.3, 0.4) is 0 Å². The SMILES string of the molecule is CCc1c2ccccc2c2cc(CC)c3c4c(CC)cc5c6ccccc6c(C)c6ccc(c7ccc1c2c73)c4c65. The molecule has 0 atom stereocenters. The molecule has 0 saturated carbocycles. The lowest BCUT2D eigenvalue weighted by molar-refractivity contribution is 1.15. The maximum Gasteiger partial charge on any atom is -0.00111 e. The van der Waals surface area contributed by atoms with Gasteiger partial charge < -0.3 is 0 Å². The fraction of sp³-hybridized carbons (Fsp3) is 0.171. The van der Waals surface area contributed by atoms with Gasteiger partial charge in [0.2, 0.25) is 0 Å². The molecule has 9 rings (SSSR count). The lowest BCUT2D eigenvalue weighted by Crippen LogP contribution is -1.99. The van der Waals surface area contributed by atoms with Crippen LogP contribution < -0.4 is 0 Å². The molecule has 9 aromatic carbocycles. The highest BCUT2D eigenvalue weighted by atomic mass is 14.3. The molecule has 0 unspecified atom stereocenters. The maximum atomic E-state index is 2.54. The summed E-state index contributed by atoms with van der Waals surface area (Å²) in [6.07, 6.45) is 3.07. The topological polar surface area (TPSA) is 0 Å². The van der Waals surface area contributed by atoms with E-state index in [1.807, 2.05) is 0 Å². The fourth-order valence-electron chi connectivity index (χ4n) is 8.51. The molecule has 0 aliphatic carbocycles. The molecule has 0 bridgehead atoms. The first-order chi connectivity index (χ1) is 20.2. The minimum Gasteiger partial charge on any atom is -0.0616 e. The molecule has 0 aliphatic heterocycles. The molecule has 196 valence electrons. The molecule has 0 spiro atoms. The highest BCUT2D eigenvalue weighted by Crippen LogP contribution is 2.51. The Balaban J connectivity index is 1.66. The van der Waals surface area contributed by atoms with Crippen LogP contribution in [0.5, 0.6) is 0 Å². The van der Waals surface area contributed by atoms with Crippen LogP contribution in [0.15, 0.2) is 84.9 Å². The quantitative estimate of drug-likeness (QED) is 0.159. The first kappa shape index (κ1) is 23.3. The largest absolute Gasteiger partial charge is 0.0616 e. The van der Waals surface area contributed by atoms with E-state index in [0.717, 1.165) is 19.3 Å². The lowest BCUT2D eigenvalue weighted by Gasteiger charge is -2.24. The standard InChI is InChI=1S/C41H32/c1-5-23-20-34-29-14-9-8-12-26(29)22(4)27-16-17-32-33-19-18-31-25(7-3)28-13-10-11-15-30(28)35-21-24(6-2)37(41(33)39(31)35)36(23)40(32)38(27)34/h8-21H,5-7H2,1-4H3. The van der Waals surface area contributed by atoms with E-state index in [4.69, 9.17) is 0 Å². The van der Waals surface area contributed by atoms with Crippen LogP contribution in [-0.2, 0) is 19.3 Å². The van der Waals surface area contributed by atoms with Crippen molar-refractivity contribution in [3.63, 3.8) is 0 Å². The minimum absolute atomic E-state index is 1.02. The van der Waals surface area contributed by atoms with E-state index < -0.39 is 0 Å². The van der Waals surface area contributed by atoms with Gasteiger partial charge in [-0.1, -0.05) is 93.6 Å². The number of fused-ring (bicyclic) bond motifs is 6. The van der Waals surface area contributed by atoms with Crippen LogP contribution in [0, 0.1) is 6.92 Å². The molecular formula is C41H32. The van der Waals surface area contributed by atoms with E-state index in [0.29, 0.717) is 0 Å². The van der Waals surface area contributed by atoms with Gasteiger partial charge in [0, 0.05) is 0 Å². The third kappa shape index (κ3) is 2.71. The Hall–Kier alpha value is -4.42. The number of hydrogen-bond acceptors (Lipinski definition) is 0. The van der Waals surface area contributed by atoms with Crippen molar-refractivity contribution in [1.29, 1.82) is 0 Å². The molecule has 0 radical (unpaired) electrons. The van der Waals surface area contributed by atoms with E-state index in [2.05, 4.69) is 113 Å². The molecule has 0 aliphatic rings. The minimum atomic E-state index is 1.02. The smallest absolute Gasteiger partial charge is 0.00111 e. The summed E-state index contributed by atoms with van der Waals surface area (Å²) >= 11 is 0. The molecule has 9 aromatic rings. The van der Waals surface area contributed by atoms with Crippen LogP contribution in [0.2, 0.25) is 0 Å². The zero-order valence-electron chi connectivity index (χ0n) is 24.2. The Kier molecular flexibility index (Phi) is 4.59. The Labute approximate surface area is 239 Å². The van der Waals surface area contributed by atoms with Crippen molar-refractivity contribution in [2.75, 3.05) is 0 Å². The van der Waals surface area contributed by atoms with Gasteiger partial charge in [-0.05, 0) is 147 Å². The van der Waals surface area contributed by atoms with Gasteiger partial charge in [0.25, 0.3) is 0 Å². The summed E-state index contributed by atoms with van der Waals surface area (Å²) in [5.74, 6) is 0. The summed E-state index contributed by atoms with van der Waals surface area (Å²) in [7, 11) is 0. The molecule has 0 nitrogen and oxygen atoms in total. The molecule has 0 N–H and O–H groups in total. The summed E-state index contributed by atoms with van der Waals surface area (Å²) in [6.45, 7) is 9.30. The first-order valence-electron chi connectivity index (χ1n) is 15.3. The van der Waals surface area contributed by atoms with Crippen LogP contribution in [0.4, 0.5) is 0 Å².